The predicted octanol–water partition coefficient (Wildman–Crippen LogP) is 2.29. The summed E-state index contributed by atoms with van der Waals surface area (Å²) in [5, 5.41) is 2.17. The predicted molar refractivity (Wildman–Crippen MR) is 89.9 cm³/mol. The van der Waals surface area contributed by atoms with Gasteiger partial charge < -0.3 is 15.8 Å². The Morgan fingerprint density at radius 1 is 1.12 bits per heavy atom. The Bertz CT molecular complexity index is 811. The first-order chi connectivity index (χ1) is 11.3. The molecule has 0 saturated heterocycles. The molecule has 0 heterocycles. The molecule has 9 heteroatoms. The minimum absolute atomic E-state index is 0. The van der Waals surface area contributed by atoms with Crippen LogP contribution in [0, 0.1) is 13.0 Å². The van der Waals surface area contributed by atoms with E-state index in [1.54, 1.807) is 43.3 Å². The molecule has 25 heavy (non-hydrogen) atoms. The monoisotopic (exact) mass is 436 g/mol. The number of hydrogen-bond donors (Lipinski definition) is 2. The summed E-state index contributed by atoms with van der Waals surface area (Å²) in [6.07, 6.45) is 0. The molecule has 2 aromatic carbocycles. The molecule has 0 spiro atoms. The second-order valence-electron chi connectivity index (χ2n) is 4.57. The average molecular weight is 436 g/mol. The van der Waals surface area contributed by atoms with Gasteiger partial charge in [-0.25, -0.2) is 17.9 Å². The molecule has 0 aromatic heterocycles. The maximum atomic E-state index is 11.6. The Hall–Kier alpha value is -1.77. The zero-order valence-electron chi connectivity index (χ0n) is 13.7. The van der Waals surface area contributed by atoms with Gasteiger partial charge in [-0.05, 0) is 10.5 Å². The molecule has 7 nitrogen and oxygen atoms in total. The van der Waals surface area contributed by atoms with Crippen LogP contribution in [0.2, 0.25) is 0 Å². The molecule has 0 fully saturated rings. The normalized spacial score (nSPS) is 9.68. The molecule has 3 N–H and O–H groups in total. The van der Waals surface area contributed by atoms with Crippen molar-refractivity contribution in [2.75, 3.05) is 7.05 Å². The van der Waals surface area contributed by atoms with Crippen molar-refractivity contribution < 1.29 is 50.7 Å². The van der Waals surface area contributed by atoms with Crippen molar-refractivity contribution in [1.29, 1.82) is 0 Å². The average Bonchev–Trinajstić information content (AvgIpc) is 2.56. The molecule has 0 aliphatic carbocycles. The molecule has 0 aliphatic heterocycles. The van der Waals surface area contributed by atoms with E-state index in [1.165, 1.54) is 13.1 Å². The van der Waals surface area contributed by atoms with Crippen molar-refractivity contribution >= 4 is 22.0 Å². The van der Waals surface area contributed by atoms with Gasteiger partial charge in [0.25, 0.3) is 0 Å². The quantitative estimate of drug-likeness (QED) is 0.719. The molecule has 0 aliphatic rings. The van der Waals surface area contributed by atoms with Gasteiger partial charge in [0.15, 0.2) is 0 Å². The van der Waals surface area contributed by atoms with Gasteiger partial charge in [-0.1, -0.05) is 37.3 Å². The first-order valence-corrected chi connectivity index (χ1v) is 8.28. The third-order valence-corrected chi connectivity index (χ3v) is 4.29. The minimum Gasteiger partial charge on any atom is -0.664 e. The third kappa shape index (κ3) is 7.77. The zero-order chi connectivity index (χ0) is 18.2. The summed E-state index contributed by atoms with van der Waals surface area (Å²) in [5.74, 6) is -0.629. The van der Waals surface area contributed by atoms with Crippen LogP contribution in [0.3, 0.4) is 0 Å². The Balaban J connectivity index is 0.000000495. The van der Waals surface area contributed by atoms with E-state index < -0.39 is 22.0 Å². The smallest absolute Gasteiger partial charge is 0.664 e. The molecule has 0 atom stereocenters. The number of amides is 3. The van der Waals surface area contributed by atoms with E-state index in [0.29, 0.717) is 11.1 Å². The van der Waals surface area contributed by atoms with Crippen molar-refractivity contribution in [2.45, 2.75) is 11.8 Å². The van der Waals surface area contributed by atoms with Crippen LogP contribution in [0.4, 0.5) is 4.79 Å². The summed E-state index contributed by atoms with van der Waals surface area (Å²) in [4.78, 5) is 21.3. The van der Waals surface area contributed by atoms with Gasteiger partial charge in [0.1, 0.15) is 0 Å². The number of carbonyl (C=O) groups is 2. The van der Waals surface area contributed by atoms with E-state index in [0.717, 1.165) is 0 Å². The molecule has 3 amide bonds. The maximum absolute atomic E-state index is 11.6. The molecular weight excluding hydrogens is 419 g/mol. The van der Waals surface area contributed by atoms with Crippen molar-refractivity contribution in [3.05, 3.63) is 71.5 Å². The van der Waals surface area contributed by atoms with Crippen LogP contribution in [-0.4, -0.2) is 27.4 Å². The number of aryl methyl sites for hydroxylation is 1. The van der Waals surface area contributed by atoms with Crippen molar-refractivity contribution in [3.8, 4) is 0 Å². The van der Waals surface area contributed by atoms with Crippen molar-refractivity contribution in [3.63, 3.8) is 0 Å². The number of carbonyl (C=O) groups excluding carboxylic acids is 2. The molecule has 0 saturated carbocycles. The first kappa shape index (κ1) is 23.2. The number of urea groups is 1. The standard InChI is InChI=1S/C9H11N2O3S.C7H7NO.Y/c1-7-5-3-4-6-8(7)15(13,14)11-9(12)10-2;8-7(9)6-4-2-1-3-5-6;/h3,5-6H,1-2H3,(H2,10,11,12);1-5H,(H2,8,9);/q-1;;+3/p-1. The molecule has 0 radical (unpaired) electrons. The van der Waals surface area contributed by atoms with Crippen LogP contribution < -0.4 is 10.0 Å². The molecule has 0 bridgehead atoms. The van der Waals surface area contributed by atoms with Crippen molar-refractivity contribution in [1.82, 2.24) is 10.0 Å². The minimum atomic E-state index is -3.80. The summed E-state index contributed by atoms with van der Waals surface area (Å²) >= 11 is 0. The fourth-order valence-corrected chi connectivity index (χ4v) is 2.77. The van der Waals surface area contributed by atoms with Crippen LogP contribution in [0.1, 0.15) is 15.9 Å². The fraction of sp³-hybridized carbons (Fsp3) is 0.125. The van der Waals surface area contributed by atoms with Gasteiger partial charge in [0, 0.05) is 7.05 Å². The third-order valence-electron chi connectivity index (χ3n) is 2.81. The SMILES string of the molecule is CNC(=O)NS(=O)(=O)c1c[c-]ccc1C.[NH-]C(=O)c1ccccc1.[Y+3]. The molecular formula is C16H17N3O4SY+. The Kier molecular flexibility index (Phi) is 10.2. The number of hydrogen-bond acceptors (Lipinski definition) is 4. The molecule has 2 rings (SSSR count). The van der Waals surface area contributed by atoms with Crippen LogP contribution in [-0.2, 0) is 42.7 Å². The van der Waals surface area contributed by atoms with Crippen LogP contribution in [0.25, 0.3) is 5.73 Å². The number of rotatable bonds is 3. The number of benzene rings is 2. The molecule has 0 unspecified atom stereocenters. The van der Waals surface area contributed by atoms with Gasteiger partial charge in [-0.15, -0.1) is 5.56 Å². The van der Waals surface area contributed by atoms with Gasteiger partial charge in [-0.2, -0.15) is 24.3 Å². The first-order valence-electron chi connectivity index (χ1n) is 6.80. The number of sulfonamides is 1. The van der Waals surface area contributed by atoms with Crippen LogP contribution >= 0.6 is 0 Å². The summed E-state index contributed by atoms with van der Waals surface area (Å²) in [7, 11) is -2.45. The summed E-state index contributed by atoms with van der Waals surface area (Å²) < 4.78 is 25.1. The van der Waals surface area contributed by atoms with E-state index in [9.17, 15) is 18.0 Å². The van der Waals surface area contributed by atoms with Crippen LogP contribution in [0.15, 0.2) is 53.4 Å². The van der Waals surface area contributed by atoms with E-state index in [2.05, 4.69) is 11.4 Å². The van der Waals surface area contributed by atoms with Gasteiger partial charge >= 0.3 is 38.7 Å². The molecule has 2 aromatic rings. The Morgan fingerprint density at radius 2 is 1.72 bits per heavy atom. The van der Waals surface area contributed by atoms with Gasteiger partial charge in [-0.3, -0.25) is 0 Å². The van der Waals surface area contributed by atoms with E-state index >= 15 is 0 Å². The molecule has 128 valence electrons. The summed E-state index contributed by atoms with van der Waals surface area (Å²) in [6.45, 7) is 1.65. The second-order valence-corrected chi connectivity index (χ2v) is 6.22. The largest absolute Gasteiger partial charge is 3.00 e. The van der Waals surface area contributed by atoms with Gasteiger partial charge in [0.2, 0.25) is 10.0 Å². The van der Waals surface area contributed by atoms with E-state index in [1.807, 2.05) is 10.8 Å². The summed E-state index contributed by atoms with van der Waals surface area (Å²) in [5.41, 5.74) is 7.68. The van der Waals surface area contributed by atoms with Crippen molar-refractivity contribution in [2.24, 2.45) is 0 Å². The Morgan fingerprint density at radius 3 is 2.16 bits per heavy atom. The van der Waals surface area contributed by atoms with Gasteiger partial charge in [0.05, 0.1) is 5.91 Å². The van der Waals surface area contributed by atoms with E-state index in [4.69, 9.17) is 5.73 Å². The summed E-state index contributed by atoms with van der Waals surface area (Å²) in [6, 6.07) is 14.9. The van der Waals surface area contributed by atoms with Crippen LogP contribution in [0.5, 0.6) is 0 Å². The Labute approximate surface area is 172 Å². The second kappa shape index (κ2) is 11.0. The topological polar surface area (TPSA) is 116 Å². The number of nitrogens with one attached hydrogen (secondary N) is 3. The zero-order valence-corrected chi connectivity index (χ0v) is 17.4. The van der Waals surface area contributed by atoms with E-state index in [-0.39, 0.29) is 37.6 Å². The maximum Gasteiger partial charge on any atom is 3.00 e. The fourth-order valence-electron chi connectivity index (χ4n) is 1.60.